The number of hydrogen-bond donors (Lipinski definition) is 0. The molecule has 1 aliphatic rings. The van der Waals surface area contributed by atoms with Crippen LogP contribution in [-0.2, 0) is 6.61 Å². The molecule has 0 N–H and O–H groups in total. The first-order chi connectivity index (χ1) is 18.9. The van der Waals surface area contributed by atoms with Gasteiger partial charge in [0, 0.05) is 5.69 Å². The minimum atomic E-state index is -0.701. The first kappa shape index (κ1) is 24.5. The molecule has 0 bridgehead atoms. The third kappa shape index (κ3) is 4.34. The molecular weight excluding hydrogens is 490 g/mol. The van der Waals surface area contributed by atoms with Crippen molar-refractivity contribution in [2.75, 3.05) is 12.0 Å². The van der Waals surface area contributed by atoms with Gasteiger partial charge in [0.1, 0.15) is 12.2 Å². The molecule has 1 aromatic heterocycles. The van der Waals surface area contributed by atoms with Crippen LogP contribution in [0, 0.1) is 13.8 Å². The van der Waals surface area contributed by atoms with Crippen molar-refractivity contribution in [3.63, 3.8) is 0 Å². The highest BCUT2D eigenvalue weighted by molar-refractivity contribution is 6.10. The highest BCUT2D eigenvalue weighted by Gasteiger charge is 2.44. The summed E-state index contributed by atoms with van der Waals surface area (Å²) >= 11 is 0. The van der Waals surface area contributed by atoms with Gasteiger partial charge >= 0.3 is 0 Å². The van der Waals surface area contributed by atoms with Gasteiger partial charge in [0.2, 0.25) is 5.76 Å². The van der Waals surface area contributed by atoms with Crippen LogP contribution < -0.4 is 19.8 Å². The van der Waals surface area contributed by atoms with Crippen LogP contribution in [0.3, 0.4) is 0 Å². The molecule has 0 saturated carbocycles. The van der Waals surface area contributed by atoms with E-state index in [2.05, 4.69) is 0 Å². The van der Waals surface area contributed by atoms with Gasteiger partial charge in [0.05, 0.1) is 24.1 Å². The van der Waals surface area contributed by atoms with Crippen molar-refractivity contribution in [1.82, 2.24) is 0 Å². The Morgan fingerprint density at radius 3 is 2.31 bits per heavy atom. The van der Waals surface area contributed by atoms with Gasteiger partial charge in [-0.2, -0.15) is 0 Å². The maximum absolute atomic E-state index is 13.9. The third-order valence-corrected chi connectivity index (χ3v) is 7.08. The summed E-state index contributed by atoms with van der Waals surface area (Å²) < 4.78 is 17.8. The Kier molecular flexibility index (Phi) is 6.15. The van der Waals surface area contributed by atoms with Crippen LogP contribution in [0.4, 0.5) is 5.69 Å². The number of benzene rings is 4. The van der Waals surface area contributed by atoms with Crippen LogP contribution >= 0.6 is 0 Å². The van der Waals surface area contributed by atoms with Crippen molar-refractivity contribution >= 4 is 22.6 Å². The van der Waals surface area contributed by atoms with E-state index in [9.17, 15) is 9.59 Å². The van der Waals surface area contributed by atoms with Gasteiger partial charge in [-0.1, -0.05) is 65.7 Å². The number of carbonyl (C=O) groups is 1. The zero-order chi connectivity index (χ0) is 27.1. The van der Waals surface area contributed by atoms with Crippen LogP contribution in [0.15, 0.2) is 100 Å². The fourth-order valence-electron chi connectivity index (χ4n) is 5.08. The Morgan fingerprint density at radius 1 is 0.821 bits per heavy atom. The fraction of sp³-hybridized carbons (Fsp3) is 0.152. The lowest BCUT2D eigenvalue weighted by Crippen LogP contribution is -2.29. The molecule has 0 spiro atoms. The minimum absolute atomic E-state index is 0.0605. The second-order valence-electron chi connectivity index (χ2n) is 9.77. The van der Waals surface area contributed by atoms with E-state index in [1.165, 1.54) is 0 Å². The Labute approximate surface area is 226 Å². The molecule has 1 amide bonds. The number of rotatable bonds is 6. The van der Waals surface area contributed by atoms with Crippen LogP contribution in [-0.4, -0.2) is 13.0 Å². The first-order valence-corrected chi connectivity index (χ1v) is 12.8. The van der Waals surface area contributed by atoms with Gasteiger partial charge in [-0.3, -0.25) is 14.5 Å². The van der Waals surface area contributed by atoms with Crippen molar-refractivity contribution in [2.45, 2.75) is 26.5 Å². The zero-order valence-electron chi connectivity index (χ0n) is 21.9. The van der Waals surface area contributed by atoms with Crippen molar-refractivity contribution in [2.24, 2.45) is 0 Å². The Morgan fingerprint density at radius 2 is 1.56 bits per heavy atom. The van der Waals surface area contributed by atoms with E-state index >= 15 is 0 Å². The van der Waals surface area contributed by atoms with Crippen LogP contribution in [0.2, 0.25) is 0 Å². The Balaban J connectivity index is 1.49. The van der Waals surface area contributed by atoms with Crippen molar-refractivity contribution in [3.05, 3.63) is 135 Å². The van der Waals surface area contributed by atoms with E-state index in [1.54, 1.807) is 24.1 Å². The van der Waals surface area contributed by atoms with Crippen LogP contribution in [0.5, 0.6) is 11.5 Å². The number of nitrogens with zero attached hydrogens (tertiary/aromatic N) is 1. The van der Waals surface area contributed by atoms with Gasteiger partial charge in [-0.25, -0.2) is 0 Å². The molecule has 6 heteroatoms. The van der Waals surface area contributed by atoms with Gasteiger partial charge < -0.3 is 13.9 Å². The molecule has 5 aromatic rings. The summed E-state index contributed by atoms with van der Waals surface area (Å²) in [5.41, 5.74) is 4.92. The number of hydrogen-bond acceptors (Lipinski definition) is 5. The Bertz CT molecular complexity index is 1760. The monoisotopic (exact) mass is 517 g/mol. The molecule has 6 rings (SSSR count). The topological polar surface area (TPSA) is 69.0 Å². The summed E-state index contributed by atoms with van der Waals surface area (Å²) in [4.78, 5) is 29.4. The smallest absolute Gasteiger partial charge is 0.295 e. The fourth-order valence-corrected chi connectivity index (χ4v) is 5.08. The van der Waals surface area contributed by atoms with E-state index in [0.29, 0.717) is 45.9 Å². The maximum Gasteiger partial charge on any atom is 0.295 e. The summed E-state index contributed by atoms with van der Waals surface area (Å²) in [6.07, 6.45) is 0. The number of carbonyl (C=O) groups excluding carboxylic acids is 1. The summed E-state index contributed by atoms with van der Waals surface area (Å²) in [6.45, 7) is 4.29. The second-order valence-corrected chi connectivity index (χ2v) is 9.77. The zero-order valence-corrected chi connectivity index (χ0v) is 21.9. The van der Waals surface area contributed by atoms with E-state index in [-0.39, 0.29) is 17.1 Å². The molecule has 1 aliphatic heterocycles. The largest absolute Gasteiger partial charge is 0.493 e. The van der Waals surface area contributed by atoms with E-state index in [0.717, 1.165) is 16.7 Å². The first-order valence-electron chi connectivity index (χ1n) is 12.8. The number of methoxy groups -OCH3 is 1. The Hall–Kier alpha value is -4.84. The lowest BCUT2D eigenvalue weighted by molar-refractivity contribution is 0.0971. The predicted molar refractivity (Wildman–Crippen MR) is 151 cm³/mol. The molecular formula is C33H27NO5. The molecule has 0 saturated heterocycles. The second kappa shape index (κ2) is 9.80. The summed E-state index contributed by atoms with van der Waals surface area (Å²) in [5, 5.41) is 0.451. The van der Waals surface area contributed by atoms with E-state index in [4.69, 9.17) is 13.9 Å². The van der Waals surface area contributed by atoms with Gasteiger partial charge in [-0.05, 0) is 61.4 Å². The van der Waals surface area contributed by atoms with Crippen LogP contribution in [0.1, 0.15) is 44.4 Å². The quantitative estimate of drug-likeness (QED) is 0.249. The molecule has 4 aromatic carbocycles. The van der Waals surface area contributed by atoms with E-state index < -0.39 is 6.04 Å². The number of amides is 1. The minimum Gasteiger partial charge on any atom is -0.493 e. The molecule has 1 unspecified atom stereocenters. The SMILES string of the molecule is COc1cc(C2c3c(oc4ccc(C)cc4c3=O)C(=O)N2c2ccc(C)cc2)ccc1OCc1ccccc1. The van der Waals surface area contributed by atoms with Gasteiger partial charge in [0.15, 0.2) is 16.9 Å². The number of fused-ring (bicyclic) bond motifs is 2. The van der Waals surface area contributed by atoms with E-state index in [1.807, 2.05) is 92.7 Å². The lowest BCUT2D eigenvalue weighted by atomic mass is 9.97. The van der Waals surface area contributed by atoms with Gasteiger partial charge in [-0.15, -0.1) is 0 Å². The molecule has 1 atom stereocenters. The van der Waals surface area contributed by atoms with Crippen molar-refractivity contribution in [1.29, 1.82) is 0 Å². The molecule has 0 aliphatic carbocycles. The molecule has 6 nitrogen and oxygen atoms in total. The highest BCUT2D eigenvalue weighted by atomic mass is 16.5. The number of aryl methyl sites for hydroxylation is 2. The van der Waals surface area contributed by atoms with Gasteiger partial charge in [0.25, 0.3) is 5.91 Å². The highest BCUT2D eigenvalue weighted by Crippen LogP contribution is 2.43. The maximum atomic E-state index is 13.9. The third-order valence-electron chi connectivity index (χ3n) is 7.08. The molecule has 2 heterocycles. The normalized spacial score (nSPS) is 14.5. The number of ether oxygens (including phenoxy) is 2. The van der Waals surface area contributed by atoms with Crippen molar-refractivity contribution < 1.29 is 18.7 Å². The lowest BCUT2D eigenvalue weighted by Gasteiger charge is -2.26. The molecule has 0 fully saturated rings. The molecule has 0 radical (unpaired) electrons. The number of anilines is 1. The predicted octanol–water partition coefficient (Wildman–Crippen LogP) is 6.75. The summed E-state index contributed by atoms with van der Waals surface area (Å²) in [5.74, 6) is 0.777. The standard InChI is InChI=1S/C33H27NO5/c1-20-9-13-24(14-10-20)34-30(29-31(35)25-17-21(2)11-15-26(25)39-32(29)33(34)36)23-12-16-27(28(18-23)37-3)38-19-22-7-5-4-6-8-22/h4-18,30H,19H2,1-3H3. The van der Waals surface area contributed by atoms with Crippen LogP contribution in [0.25, 0.3) is 11.0 Å². The summed E-state index contributed by atoms with van der Waals surface area (Å²) in [7, 11) is 1.57. The average Bonchev–Trinajstić information content (AvgIpc) is 3.25. The van der Waals surface area contributed by atoms with Crippen molar-refractivity contribution in [3.8, 4) is 11.5 Å². The summed E-state index contributed by atoms with van der Waals surface area (Å²) in [6, 6.07) is 27.8. The molecule has 194 valence electrons. The average molecular weight is 518 g/mol. The molecule has 39 heavy (non-hydrogen) atoms.